The number of anilines is 1. The van der Waals surface area contributed by atoms with E-state index in [0.29, 0.717) is 13.2 Å². The third kappa shape index (κ3) is 4.91. The molecular weight excluding hydrogens is 280 g/mol. The van der Waals surface area contributed by atoms with Crippen molar-refractivity contribution in [1.29, 1.82) is 0 Å². The largest absolute Gasteiger partial charge is 0.490 e. The molecule has 0 bridgehead atoms. The highest BCUT2D eigenvalue weighted by molar-refractivity contribution is 5.75. The van der Waals surface area contributed by atoms with Gasteiger partial charge in [-0.3, -0.25) is 4.79 Å². The van der Waals surface area contributed by atoms with E-state index in [1.54, 1.807) is 0 Å². The zero-order chi connectivity index (χ0) is 15.8. The van der Waals surface area contributed by atoms with E-state index < -0.39 is 5.97 Å². The summed E-state index contributed by atoms with van der Waals surface area (Å²) in [5, 5.41) is 12.5. The van der Waals surface area contributed by atoms with Gasteiger partial charge in [-0.15, -0.1) is 0 Å². The molecule has 122 valence electrons. The van der Waals surface area contributed by atoms with Crippen LogP contribution in [-0.4, -0.2) is 43.9 Å². The molecule has 5 nitrogen and oxygen atoms in total. The molecular formula is C17H26N2O3. The van der Waals surface area contributed by atoms with Crippen molar-refractivity contribution in [3.8, 4) is 5.75 Å². The van der Waals surface area contributed by atoms with Crippen LogP contribution in [0.15, 0.2) is 18.2 Å². The molecule has 2 rings (SSSR count). The van der Waals surface area contributed by atoms with Gasteiger partial charge in [0.1, 0.15) is 18.9 Å². The molecule has 0 amide bonds. The topological polar surface area (TPSA) is 61.8 Å². The summed E-state index contributed by atoms with van der Waals surface area (Å²) >= 11 is 0. The molecule has 2 N–H and O–H groups in total. The molecule has 0 fully saturated rings. The summed E-state index contributed by atoms with van der Waals surface area (Å²) in [6, 6.07) is 6.08. The van der Waals surface area contributed by atoms with Gasteiger partial charge in [0.25, 0.3) is 0 Å². The number of hydrogen-bond donors (Lipinski definition) is 2. The molecule has 0 unspecified atom stereocenters. The predicted octanol–water partition coefficient (Wildman–Crippen LogP) is 2.29. The summed E-state index contributed by atoms with van der Waals surface area (Å²) in [6.07, 6.45) is 4.68. The van der Waals surface area contributed by atoms with Crippen molar-refractivity contribution < 1.29 is 14.6 Å². The number of carboxylic acids is 1. The number of fused-ring (bicyclic) bond motifs is 1. The van der Waals surface area contributed by atoms with E-state index in [-0.39, 0.29) is 6.54 Å². The number of nitrogens with zero attached hydrogens (tertiary/aromatic N) is 1. The normalized spacial score (nSPS) is 13.6. The number of carboxylic acid groups (broad SMARTS) is 1. The number of rotatable bonds is 9. The Morgan fingerprint density at radius 3 is 3.00 bits per heavy atom. The Morgan fingerprint density at radius 1 is 1.36 bits per heavy atom. The second kappa shape index (κ2) is 8.63. The van der Waals surface area contributed by atoms with Gasteiger partial charge in [-0.25, -0.2) is 0 Å². The third-order valence-electron chi connectivity index (χ3n) is 3.86. The Bertz CT molecular complexity index is 491. The fraction of sp³-hybridized carbons (Fsp3) is 0.588. The van der Waals surface area contributed by atoms with Crippen LogP contribution in [0.25, 0.3) is 0 Å². The fourth-order valence-electron chi connectivity index (χ4n) is 2.66. The lowest BCUT2D eigenvalue weighted by Crippen LogP contribution is -2.36. The van der Waals surface area contributed by atoms with Crippen LogP contribution in [0.4, 0.5) is 5.69 Å². The highest BCUT2D eigenvalue weighted by atomic mass is 16.5. The van der Waals surface area contributed by atoms with E-state index >= 15 is 0 Å². The lowest BCUT2D eigenvalue weighted by molar-refractivity contribution is -0.135. The summed E-state index contributed by atoms with van der Waals surface area (Å²) in [5.74, 6) is -0.0250. The summed E-state index contributed by atoms with van der Waals surface area (Å²) in [6.45, 7) is 5.40. The quantitative estimate of drug-likeness (QED) is 0.686. The highest BCUT2D eigenvalue weighted by Gasteiger charge is 2.20. The van der Waals surface area contributed by atoms with Crippen LogP contribution in [0.3, 0.4) is 0 Å². The van der Waals surface area contributed by atoms with Crippen LogP contribution in [0.5, 0.6) is 5.75 Å². The van der Waals surface area contributed by atoms with Gasteiger partial charge in [0, 0.05) is 0 Å². The first-order chi connectivity index (χ1) is 10.7. The molecule has 1 heterocycles. The SMILES string of the molecule is CCCCCNCCc1ccc2c(c1)N(CC(=O)O)CCO2. The van der Waals surface area contributed by atoms with Crippen molar-refractivity contribution in [1.82, 2.24) is 5.32 Å². The van der Waals surface area contributed by atoms with Crippen LogP contribution in [0.1, 0.15) is 31.7 Å². The van der Waals surface area contributed by atoms with Gasteiger partial charge in [0.2, 0.25) is 0 Å². The summed E-state index contributed by atoms with van der Waals surface area (Å²) in [7, 11) is 0. The monoisotopic (exact) mass is 306 g/mol. The van der Waals surface area contributed by atoms with E-state index in [9.17, 15) is 4.79 Å². The molecule has 0 aromatic heterocycles. The van der Waals surface area contributed by atoms with Crippen LogP contribution in [0, 0.1) is 0 Å². The van der Waals surface area contributed by atoms with Gasteiger partial charge in [0.05, 0.1) is 12.2 Å². The Morgan fingerprint density at radius 2 is 2.23 bits per heavy atom. The molecule has 0 saturated heterocycles. The molecule has 0 aliphatic carbocycles. The Hall–Kier alpha value is -1.75. The minimum Gasteiger partial charge on any atom is -0.490 e. The Labute approximate surface area is 132 Å². The molecule has 0 saturated carbocycles. The minimum absolute atomic E-state index is 0.0229. The fourth-order valence-corrected chi connectivity index (χ4v) is 2.66. The average Bonchev–Trinajstić information content (AvgIpc) is 2.51. The second-order valence-corrected chi connectivity index (χ2v) is 5.67. The number of carbonyl (C=O) groups is 1. The van der Waals surface area contributed by atoms with E-state index in [2.05, 4.69) is 24.4 Å². The number of nitrogens with one attached hydrogen (secondary N) is 1. The molecule has 22 heavy (non-hydrogen) atoms. The molecule has 1 aliphatic rings. The number of aliphatic carboxylic acids is 1. The zero-order valence-electron chi connectivity index (χ0n) is 13.3. The van der Waals surface area contributed by atoms with E-state index in [1.807, 2.05) is 11.0 Å². The van der Waals surface area contributed by atoms with Crippen LogP contribution >= 0.6 is 0 Å². The molecule has 5 heteroatoms. The highest BCUT2D eigenvalue weighted by Crippen LogP contribution is 2.32. The van der Waals surface area contributed by atoms with E-state index in [4.69, 9.17) is 9.84 Å². The van der Waals surface area contributed by atoms with Crippen LogP contribution in [-0.2, 0) is 11.2 Å². The van der Waals surface area contributed by atoms with Gasteiger partial charge in [-0.05, 0) is 43.6 Å². The standard InChI is InChI=1S/C17H26N2O3/c1-2-3-4-8-18-9-7-14-5-6-16-15(12-14)19(10-11-22-16)13-17(20)21/h5-6,12,18H,2-4,7-11,13H2,1H3,(H,20,21). The molecule has 1 aromatic rings. The lowest BCUT2D eigenvalue weighted by atomic mass is 10.1. The third-order valence-corrected chi connectivity index (χ3v) is 3.86. The summed E-state index contributed by atoms with van der Waals surface area (Å²) < 4.78 is 5.61. The molecule has 0 spiro atoms. The van der Waals surface area contributed by atoms with Crippen LogP contribution in [0.2, 0.25) is 0 Å². The minimum atomic E-state index is -0.809. The number of unbranched alkanes of at least 4 members (excludes halogenated alkanes) is 2. The molecule has 0 radical (unpaired) electrons. The maximum absolute atomic E-state index is 11.0. The number of ether oxygens (including phenoxy) is 1. The smallest absolute Gasteiger partial charge is 0.323 e. The van der Waals surface area contributed by atoms with E-state index in [1.165, 1.54) is 24.8 Å². The van der Waals surface area contributed by atoms with Crippen molar-refractivity contribution in [2.75, 3.05) is 37.7 Å². The average molecular weight is 306 g/mol. The number of benzene rings is 1. The van der Waals surface area contributed by atoms with Gasteiger partial charge in [-0.2, -0.15) is 0 Å². The maximum Gasteiger partial charge on any atom is 0.323 e. The van der Waals surface area contributed by atoms with Crippen molar-refractivity contribution in [2.45, 2.75) is 32.6 Å². The number of hydrogen-bond acceptors (Lipinski definition) is 4. The first-order valence-corrected chi connectivity index (χ1v) is 8.14. The van der Waals surface area contributed by atoms with Crippen molar-refractivity contribution >= 4 is 11.7 Å². The second-order valence-electron chi connectivity index (χ2n) is 5.67. The van der Waals surface area contributed by atoms with Gasteiger partial charge in [0.15, 0.2) is 0 Å². The predicted molar refractivity (Wildman–Crippen MR) is 87.9 cm³/mol. The maximum atomic E-state index is 11.0. The molecule has 0 atom stereocenters. The Balaban J connectivity index is 1.90. The zero-order valence-corrected chi connectivity index (χ0v) is 13.3. The van der Waals surface area contributed by atoms with Crippen molar-refractivity contribution in [2.24, 2.45) is 0 Å². The van der Waals surface area contributed by atoms with Gasteiger partial charge in [-0.1, -0.05) is 25.8 Å². The van der Waals surface area contributed by atoms with Crippen LogP contribution < -0.4 is 15.0 Å². The first-order valence-electron chi connectivity index (χ1n) is 8.14. The summed E-state index contributed by atoms with van der Waals surface area (Å²) in [5.41, 5.74) is 2.11. The van der Waals surface area contributed by atoms with Gasteiger partial charge < -0.3 is 20.1 Å². The van der Waals surface area contributed by atoms with Crippen molar-refractivity contribution in [3.63, 3.8) is 0 Å². The van der Waals surface area contributed by atoms with E-state index in [0.717, 1.165) is 30.9 Å². The van der Waals surface area contributed by atoms with Crippen molar-refractivity contribution in [3.05, 3.63) is 23.8 Å². The molecule has 1 aromatic carbocycles. The summed E-state index contributed by atoms with van der Waals surface area (Å²) in [4.78, 5) is 12.8. The first kappa shape index (κ1) is 16.6. The Kier molecular flexibility index (Phi) is 6.52. The lowest BCUT2D eigenvalue weighted by Gasteiger charge is -2.30. The molecule has 1 aliphatic heterocycles. The van der Waals surface area contributed by atoms with Gasteiger partial charge >= 0.3 is 5.97 Å².